The predicted octanol–water partition coefficient (Wildman–Crippen LogP) is 2.40. The fraction of sp³-hybridized carbons (Fsp3) is 0.600. The molecule has 0 aromatic heterocycles. The molecule has 19 heavy (non-hydrogen) atoms. The van der Waals surface area contributed by atoms with E-state index in [1.165, 1.54) is 0 Å². The van der Waals surface area contributed by atoms with Crippen LogP contribution in [0.25, 0.3) is 0 Å². The van der Waals surface area contributed by atoms with Gasteiger partial charge in [0, 0.05) is 18.2 Å². The van der Waals surface area contributed by atoms with E-state index in [0.717, 1.165) is 24.1 Å². The van der Waals surface area contributed by atoms with Crippen molar-refractivity contribution in [1.82, 2.24) is 4.90 Å². The van der Waals surface area contributed by atoms with Gasteiger partial charge in [0.05, 0.1) is 7.11 Å². The summed E-state index contributed by atoms with van der Waals surface area (Å²) in [5.74, 6) is 0.964. The van der Waals surface area contributed by atoms with Gasteiger partial charge in [-0.1, -0.05) is 0 Å². The van der Waals surface area contributed by atoms with Crippen molar-refractivity contribution < 1.29 is 9.13 Å². The van der Waals surface area contributed by atoms with E-state index in [1.807, 2.05) is 6.92 Å². The Bertz CT molecular complexity index is 476. The molecule has 1 saturated heterocycles. The average Bonchev–Trinajstić information content (AvgIpc) is 2.76. The van der Waals surface area contributed by atoms with Crippen molar-refractivity contribution in [1.29, 1.82) is 0 Å². The number of halogens is 1. The first kappa shape index (κ1) is 14.3. The second-order valence-corrected chi connectivity index (χ2v) is 5.52. The molecule has 1 aliphatic heterocycles. The molecule has 2 rings (SSSR count). The molecule has 0 amide bonds. The molecule has 0 aliphatic carbocycles. The number of hydrogen-bond donors (Lipinski definition) is 1. The summed E-state index contributed by atoms with van der Waals surface area (Å²) in [6.45, 7) is 5.42. The zero-order valence-electron chi connectivity index (χ0n) is 12.2. The Labute approximate surface area is 114 Å². The van der Waals surface area contributed by atoms with Gasteiger partial charge in [-0.3, -0.25) is 4.90 Å². The van der Waals surface area contributed by atoms with Crippen LogP contribution in [0.5, 0.6) is 5.75 Å². The Hall–Kier alpha value is -1.13. The summed E-state index contributed by atoms with van der Waals surface area (Å²) < 4.78 is 19.4. The van der Waals surface area contributed by atoms with Gasteiger partial charge in [0.2, 0.25) is 0 Å². The van der Waals surface area contributed by atoms with Crippen LogP contribution in [0.1, 0.15) is 29.2 Å². The number of ether oxygens (including phenoxy) is 1. The summed E-state index contributed by atoms with van der Waals surface area (Å²) in [5.41, 5.74) is 8.41. The van der Waals surface area contributed by atoms with Crippen molar-refractivity contribution in [3.63, 3.8) is 0 Å². The van der Waals surface area contributed by atoms with Crippen LogP contribution in [-0.2, 0) is 0 Å². The number of benzene rings is 1. The molecule has 1 aromatic rings. The molecule has 1 aromatic carbocycles. The molecule has 4 heteroatoms. The molecule has 2 unspecified atom stereocenters. The zero-order valence-corrected chi connectivity index (χ0v) is 12.2. The van der Waals surface area contributed by atoms with Gasteiger partial charge < -0.3 is 10.5 Å². The molecule has 0 bridgehead atoms. The maximum absolute atomic E-state index is 14.0. The molecular formula is C15H23FN2O. The summed E-state index contributed by atoms with van der Waals surface area (Å²) >= 11 is 0. The average molecular weight is 266 g/mol. The Morgan fingerprint density at radius 3 is 2.63 bits per heavy atom. The molecule has 0 radical (unpaired) electrons. The summed E-state index contributed by atoms with van der Waals surface area (Å²) in [5, 5.41) is 0. The third kappa shape index (κ3) is 2.47. The van der Waals surface area contributed by atoms with Crippen LogP contribution in [-0.4, -0.2) is 32.1 Å². The Morgan fingerprint density at radius 2 is 2.11 bits per heavy atom. The minimum absolute atomic E-state index is 0.193. The molecular weight excluding hydrogens is 243 g/mol. The molecule has 106 valence electrons. The summed E-state index contributed by atoms with van der Waals surface area (Å²) in [4.78, 5) is 2.26. The van der Waals surface area contributed by atoms with Crippen molar-refractivity contribution in [3.8, 4) is 5.75 Å². The molecule has 1 fully saturated rings. The minimum Gasteiger partial charge on any atom is -0.496 e. The van der Waals surface area contributed by atoms with Gasteiger partial charge >= 0.3 is 0 Å². The largest absolute Gasteiger partial charge is 0.496 e. The summed E-state index contributed by atoms with van der Waals surface area (Å²) in [6.07, 6.45) is 0.986. The summed E-state index contributed by atoms with van der Waals surface area (Å²) in [7, 11) is 3.67. The fourth-order valence-corrected chi connectivity index (χ4v) is 3.17. The van der Waals surface area contributed by atoms with Gasteiger partial charge in [-0.05, 0) is 57.0 Å². The molecule has 2 N–H and O–H groups in total. The van der Waals surface area contributed by atoms with E-state index in [-0.39, 0.29) is 11.9 Å². The van der Waals surface area contributed by atoms with Crippen LogP contribution in [0.3, 0.4) is 0 Å². The molecule has 0 spiro atoms. The lowest BCUT2D eigenvalue weighted by Gasteiger charge is -2.23. The van der Waals surface area contributed by atoms with E-state index in [2.05, 4.69) is 11.9 Å². The fourth-order valence-electron chi connectivity index (χ4n) is 3.17. The molecule has 2 atom stereocenters. The molecule has 0 saturated carbocycles. The normalized spacial score (nSPS) is 23.9. The first-order valence-electron chi connectivity index (χ1n) is 6.73. The van der Waals surface area contributed by atoms with E-state index in [1.54, 1.807) is 20.1 Å². The third-order valence-corrected chi connectivity index (χ3v) is 4.29. The maximum atomic E-state index is 14.0. The van der Waals surface area contributed by atoms with Gasteiger partial charge in [0.15, 0.2) is 0 Å². The third-order valence-electron chi connectivity index (χ3n) is 4.29. The van der Waals surface area contributed by atoms with Gasteiger partial charge in [-0.25, -0.2) is 4.39 Å². The first-order chi connectivity index (χ1) is 8.99. The second kappa shape index (κ2) is 5.47. The van der Waals surface area contributed by atoms with Crippen molar-refractivity contribution in [2.45, 2.75) is 26.3 Å². The van der Waals surface area contributed by atoms with E-state index < -0.39 is 0 Å². The van der Waals surface area contributed by atoms with Gasteiger partial charge in [0.1, 0.15) is 11.6 Å². The van der Waals surface area contributed by atoms with Crippen LogP contribution in [0.2, 0.25) is 0 Å². The SMILES string of the molecule is COc1c(C)c(F)cc(C2CC(CN)CN2C)c1C. The second-order valence-electron chi connectivity index (χ2n) is 5.52. The summed E-state index contributed by atoms with van der Waals surface area (Å²) in [6, 6.07) is 1.89. The lowest BCUT2D eigenvalue weighted by atomic mass is 9.94. The van der Waals surface area contributed by atoms with Crippen molar-refractivity contribution in [2.75, 3.05) is 27.2 Å². The van der Waals surface area contributed by atoms with E-state index in [4.69, 9.17) is 10.5 Å². The highest BCUT2D eigenvalue weighted by Gasteiger charge is 2.32. The van der Waals surface area contributed by atoms with Gasteiger partial charge in [-0.15, -0.1) is 0 Å². The molecule has 1 heterocycles. The molecule has 3 nitrogen and oxygen atoms in total. The first-order valence-corrected chi connectivity index (χ1v) is 6.73. The van der Waals surface area contributed by atoms with Gasteiger partial charge in [-0.2, -0.15) is 0 Å². The topological polar surface area (TPSA) is 38.5 Å². The Balaban J connectivity index is 2.43. The van der Waals surface area contributed by atoms with Crippen molar-refractivity contribution >= 4 is 0 Å². The maximum Gasteiger partial charge on any atom is 0.130 e. The van der Waals surface area contributed by atoms with Crippen LogP contribution in [0.4, 0.5) is 4.39 Å². The van der Waals surface area contributed by atoms with Crippen LogP contribution >= 0.6 is 0 Å². The molecule has 1 aliphatic rings. The van der Waals surface area contributed by atoms with E-state index in [0.29, 0.717) is 23.8 Å². The van der Waals surface area contributed by atoms with Crippen LogP contribution in [0, 0.1) is 25.6 Å². The van der Waals surface area contributed by atoms with E-state index >= 15 is 0 Å². The smallest absolute Gasteiger partial charge is 0.130 e. The van der Waals surface area contributed by atoms with E-state index in [9.17, 15) is 4.39 Å². The number of methoxy groups -OCH3 is 1. The number of hydrogen-bond acceptors (Lipinski definition) is 3. The number of nitrogens with two attached hydrogens (primary N) is 1. The zero-order chi connectivity index (χ0) is 14.2. The number of likely N-dealkylation sites (tertiary alicyclic amines) is 1. The quantitative estimate of drug-likeness (QED) is 0.913. The van der Waals surface area contributed by atoms with Crippen molar-refractivity contribution in [3.05, 3.63) is 28.6 Å². The Kier molecular flexibility index (Phi) is 4.11. The van der Waals surface area contributed by atoms with Crippen molar-refractivity contribution in [2.24, 2.45) is 11.7 Å². The standard InChI is InChI=1S/C15H23FN2O/c1-9-12(6-13(16)10(2)15(9)19-4)14-5-11(7-17)8-18(14)3/h6,11,14H,5,7-8,17H2,1-4H3. The van der Waals surface area contributed by atoms with Gasteiger partial charge in [0.25, 0.3) is 0 Å². The highest BCUT2D eigenvalue weighted by atomic mass is 19.1. The Morgan fingerprint density at radius 1 is 1.42 bits per heavy atom. The highest BCUT2D eigenvalue weighted by molar-refractivity contribution is 5.47. The number of rotatable bonds is 3. The van der Waals surface area contributed by atoms with Crippen LogP contribution in [0.15, 0.2) is 6.07 Å². The predicted molar refractivity (Wildman–Crippen MR) is 75.0 cm³/mol. The van der Waals surface area contributed by atoms with Crippen LogP contribution < -0.4 is 10.5 Å². The lowest BCUT2D eigenvalue weighted by molar-refractivity contribution is 0.310. The monoisotopic (exact) mass is 266 g/mol. The number of nitrogens with zero attached hydrogens (tertiary/aromatic N) is 1. The minimum atomic E-state index is -0.193. The lowest BCUT2D eigenvalue weighted by Crippen LogP contribution is -2.21. The highest BCUT2D eigenvalue weighted by Crippen LogP contribution is 2.39.